The lowest BCUT2D eigenvalue weighted by Gasteiger charge is -2.09. The van der Waals surface area contributed by atoms with Crippen molar-refractivity contribution in [3.8, 4) is 16.9 Å². The van der Waals surface area contributed by atoms with Crippen LogP contribution in [0.25, 0.3) is 11.1 Å². The van der Waals surface area contributed by atoms with Crippen LogP contribution in [0.5, 0.6) is 5.75 Å². The van der Waals surface area contributed by atoms with E-state index < -0.39 is 0 Å². The van der Waals surface area contributed by atoms with Gasteiger partial charge < -0.3 is 10.8 Å². The molecule has 3 N–H and O–H groups in total. The van der Waals surface area contributed by atoms with E-state index in [0.29, 0.717) is 5.69 Å². The Morgan fingerprint density at radius 1 is 0.933 bits per heavy atom. The third-order valence-electron chi connectivity index (χ3n) is 2.28. The van der Waals surface area contributed by atoms with E-state index in [1.165, 1.54) is 0 Å². The molecule has 0 amide bonds. The predicted molar refractivity (Wildman–Crippen MR) is 65.2 cm³/mol. The highest BCUT2D eigenvalue weighted by atomic mass is 32.1. The van der Waals surface area contributed by atoms with Gasteiger partial charge in [-0.3, -0.25) is 0 Å². The molecule has 0 bridgehead atoms. The first-order chi connectivity index (χ1) is 7.20. The van der Waals surface area contributed by atoms with Crippen LogP contribution in [0.2, 0.25) is 0 Å². The van der Waals surface area contributed by atoms with Crippen molar-refractivity contribution in [2.24, 2.45) is 0 Å². The molecule has 0 aliphatic rings. The standard InChI is InChI=1S/C12H11NOS/c13-12-9(5-3-7-11(12)15)8-4-1-2-6-10(8)14/h1-7,14-15H,13H2. The van der Waals surface area contributed by atoms with Gasteiger partial charge in [-0.05, 0) is 12.1 Å². The van der Waals surface area contributed by atoms with Crippen LogP contribution in [0.3, 0.4) is 0 Å². The number of rotatable bonds is 1. The van der Waals surface area contributed by atoms with Crippen molar-refractivity contribution >= 4 is 18.3 Å². The molecule has 0 aliphatic carbocycles. The van der Waals surface area contributed by atoms with Gasteiger partial charge in [-0.1, -0.05) is 30.3 Å². The molecule has 0 atom stereocenters. The second kappa shape index (κ2) is 3.87. The van der Waals surface area contributed by atoms with Gasteiger partial charge >= 0.3 is 0 Å². The number of aromatic hydroxyl groups is 1. The molecule has 0 aromatic heterocycles. The third-order valence-corrected chi connectivity index (χ3v) is 2.67. The van der Waals surface area contributed by atoms with E-state index in [9.17, 15) is 5.11 Å². The summed E-state index contributed by atoms with van der Waals surface area (Å²) in [4.78, 5) is 0.718. The Morgan fingerprint density at radius 3 is 2.33 bits per heavy atom. The number of anilines is 1. The maximum atomic E-state index is 9.70. The summed E-state index contributed by atoms with van der Waals surface area (Å²) < 4.78 is 0. The average Bonchev–Trinajstić information content (AvgIpc) is 2.23. The molecule has 2 nitrogen and oxygen atoms in total. The van der Waals surface area contributed by atoms with Crippen LogP contribution in [0.1, 0.15) is 0 Å². The first-order valence-corrected chi connectivity index (χ1v) is 5.00. The van der Waals surface area contributed by atoms with E-state index in [-0.39, 0.29) is 5.75 Å². The fourth-order valence-corrected chi connectivity index (χ4v) is 1.70. The second-order valence-corrected chi connectivity index (χ2v) is 3.74. The number of phenolic OH excluding ortho intramolecular Hbond substituents is 1. The molecule has 2 rings (SSSR count). The smallest absolute Gasteiger partial charge is 0.123 e. The molecule has 3 heteroatoms. The minimum Gasteiger partial charge on any atom is -0.507 e. The van der Waals surface area contributed by atoms with Crippen LogP contribution in [-0.2, 0) is 0 Å². The van der Waals surface area contributed by atoms with Crippen LogP contribution in [0, 0.1) is 0 Å². The zero-order valence-electron chi connectivity index (χ0n) is 8.01. The molecule has 0 saturated heterocycles. The maximum Gasteiger partial charge on any atom is 0.123 e. The van der Waals surface area contributed by atoms with Gasteiger partial charge in [-0.15, -0.1) is 12.6 Å². The molecule has 0 unspecified atom stereocenters. The summed E-state index contributed by atoms with van der Waals surface area (Å²) in [5, 5.41) is 9.70. The van der Waals surface area contributed by atoms with Crippen molar-refractivity contribution in [2.45, 2.75) is 4.90 Å². The zero-order chi connectivity index (χ0) is 10.8. The number of nitrogen functional groups attached to an aromatic ring is 1. The van der Waals surface area contributed by atoms with Crippen molar-refractivity contribution < 1.29 is 5.11 Å². The van der Waals surface area contributed by atoms with Crippen molar-refractivity contribution in [1.29, 1.82) is 0 Å². The summed E-state index contributed by atoms with van der Waals surface area (Å²) in [6.07, 6.45) is 0. The minimum absolute atomic E-state index is 0.225. The van der Waals surface area contributed by atoms with Gasteiger partial charge in [0.2, 0.25) is 0 Å². The fourth-order valence-electron chi connectivity index (χ4n) is 1.49. The van der Waals surface area contributed by atoms with E-state index in [0.717, 1.165) is 16.0 Å². The molecule has 76 valence electrons. The quantitative estimate of drug-likeness (QED) is 0.508. The van der Waals surface area contributed by atoms with Crippen LogP contribution in [0.15, 0.2) is 47.4 Å². The van der Waals surface area contributed by atoms with E-state index in [4.69, 9.17) is 5.73 Å². The fraction of sp³-hybridized carbons (Fsp3) is 0. The molecule has 0 aliphatic heterocycles. The van der Waals surface area contributed by atoms with Crippen molar-refractivity contribution in [3.63, 3.8) is 0 Å². The molecule has 2 aromatic carbocycles. The molecule has 0 radical (unpaired) electrons. The lowest BCUT2D eigenvalue weighted by atomic mass is 10.0. The SMILES string of the molecule is Nc1c(S)cccc1-c1ccccc1O. The lowest BCUT2D eigenvalue weighted by molar-refractivity contribution is 0.477. The number of benzene rings is 2. The summed E-state index contributed by atoms with van der Waals surface area (Å²) in [6.45, 7) is 0. The normalized spacial score (nSPS) is 10.2. The number of phenols is 1. The number of hydrogen-bond acceptors (Lipinski definition) is 3. The van der Waals surface area contributed by atoms with Gasteiger partial charge in [0.25, 0.3) is 0 Å². The van der Waals surface area contributed by atoms with Gasteiger partial charge in [-0.2, -0.15) is 0 Å². The molecular weight excluding hydrogens is 206 g/mol. The van der Waals surface area contributed by atoms with E-state index in [2.05, 4.69) is 12.6 Å². The van der Waals surface area contributed by atoms with Gasteiger partial charge in [0, 0.05) is 16.0 Å². The summed E-state index contributed by atoms with van der Waals surface area (Å²) in [6, 6.07) is 12.7. The van der Waals surface area contributed by atoms with Crippen LogP contribution in [-0.4, -0.2) is 5.11 Å². The summed E-state index contributed by atoms with van der Waals surface area (Å²) in [5.74, 6) is 0.225. The Labute approximate surface area is 93.8 Å². The molecule has 15 heavy (non-hydrogen) atoms. The Bertz CT molecular complexity index is 497. The van der Waals surface area contributed by atoms with E-state index in [1.807, 2.05) is 30.3 Å². The molecular formula is C12H11NOS. The number of nitrogens with two attached hydrogens (primary N) is 1. The van der Waals surface area contributed by atoms with Gasteiger partial charge in [0.15, 0.2) is 0 Å². The summed E-state index contributed by atoms with van der Waals surface area (Å²) >= 11 is 4.25. The molecule has 0 saturated carbocycles. The van der Waals surface area contributed by atoms with Gasteiger partial charge in [0.05, 0.1) is 5.69 Å². The molecule has 0 spiro atoms. The summed E-state index contributed by atoms with van der Waals surface area (Å²) in [7, 11) is 0. The Kier molecular flexibility index (Phi) is 2.56. The highest BCUT2D eigenvalue weighted by molar-refractivity contribution is 7.80. The maximum absolute atomic E-state index is 9.70. The predicted octanol–water partition coefficient (Wildman–Crippen LogP) is 2.93. The molecule has 0 heterocycles. The Balaban J connectivity index is 2.65. The van der Waals surface area contributed by atoms with Crippen molar-refractivity contribution in [1.82, 2.24) is 0 Å². The highest BCUT2D eigenvalue weighted by Crippen LogP contribution is 2.35. The third kappa shape index (κ3) is 1.78. The van der Waals surface area contributed by atoms with Gasteiger partial charge in [0.1, 0.15) is 5.75 Å². The molecule has 2 aromatic rings. The summed E-state index contributed by atoms with van der Waals surface area (Å²) in [5.41, 5.74) is 8.02. The van der Waals surface area contributed by atoms with E-state index in [1.54, 1.807) is 12.1 Å². The van der Waals surface area contributed by atoms with Crippen LogP contribution >= 0.6 is 12.6 Å². The van der Waals surface area contributed by atoms with Crippen molar-refractivity contribution in [3.05, 3.63) is 42.5 Å². The van der Waals surface area contributed by atoms with Crippen molar-refractivity contribution in [2.75, 3.05) is 5.73 Å². The largest absolute Gasteiger partial charge is 0.507 e. The first-order valence-electron chi connectivity index (χ1n) is 4.56. The monoisotopic (exact) mass is 217 g/mol. The first kappa shape index (κ1) is 9.93. The van der Waals surface area contributed by atoms with E-state index >= 15 is 0 Å². The number of para-hydroxylation sites is 2. The topological polar surface area (TPSA) is 46.2 Å². The Hall–Kier alpha value is -1.61. The number of hydrogen-bond donors (Lipinski definition) is 3. The molecule has 0 fully saturated rings. The highest BCUT2D eigenvalue weighted by Gasteiger charge is 2.07. The van der Waals surface area contributed by atoms with Gasteiger partial charge in [-0.25, -0.2) is 0 Å². The van der Waals surface area contributed by atoms with Crippen LogP contribution < -0.4 is 5.73 Å². The zero-order valence-corrected chi connectivity index (χ0v) is 8.91. The average molecular weight is 217 g/mol. The minimum atomic E-state index is 0.225. The Morgan fingerprint density at radius 2 is 1.60 bits per heavy atom. The lowest BCUT2D eigenvalue weighted by Crippen LogP contribution is -1.91. The number of thiol groups is 1. The van der Waals surface area contributed by atoms with Crippen LogP contribution in [0.4, 0.5) is 5.69 Å². The second-order valence-electron chi connectivity index (χ2n) is 3.26.